The van der Waals surface area contributed by atoms with Gasteiger partial charge in [0.2, 0.25) is 0 Å². The number of rotatable bonds is 4. The molecular formula is C12H19BrN4O. The SMILES string of the molecule is CNc1ncnc(N(C)CC2(O)CCCC2)c1Br. The summed E-state index contributed by atoms with van der Waals surface area (Å²) in [5.74, 6) is 1.56. The highest BCUT2D eigenvalue weighted by Crippen LogP contribution is 2.33. The molecule has 1 saturated carbocycles. The highest BCUT2D eigenvalue weighted by molar-refractivity contribution is 9.10. The molecule has 2 N–H and O–H groups in total. The Balaban J connectivity index is 2.15. The van der Waals surface area contributed by atoms with Crippen LogP contribution in [0.1, 0.15) is 25.7 Å². The lowest BCUT2D eigenvalue weighted by atomic mass is 10.0. The zero-order valence-electron chi connectivity index (χ0n) is 10.8. The molecule has 0 spiro atoms. The Labute approximate surface area is 116 Å². The Bertz CT molecular complexity index is 421. The van der Waals surface area contributed by atoms with Crippen molar-refractivity contribution >= 4 is 27.6 Å². The lowest BCUT2D eigenvalue weighted by Crippen LogP contribution is -2.39. The van der Waals surface area contributed by atoms with Gasteiger partial charge in [-0.1, -0.05) is 12.8 Å². The topological polar surface area (TPSA) is 61.3 Å². The minimum absolute atomic E-state index is 0.570. The monoisotopic (exact) mass is 314 g/mol. The number of nitrogens with zero attached hydrogens (tertiary/aromatic N) is 3. The van der Waals surface area contributed by atoms with Crippen LogP contribution in [0.15, 0.2) is 10.8 Å². The third-order valence-electron chi connectivity index (χ3n) is 3.44. The maximum absolute atomic E-state index is 10.4. The molecule has 0 unspecified atom stereocenters. The van der Waals surface area contributed by atoms with Gasteiger partial charge in [0.1, 0.15) is 22.4 Å². The third kappa shape index (κ3) is 2.75. The van der Waals surface area contributed by atoms with E-state index >= 15 is 0 Å². The van der Waals surface area contributed by atoms with Crippen molar-refractivity contribution in [3.05, 3.63) is 10.8 Å². The van der Waals surface area contributed by atoms with E-state index in [1.165, 1.54) is 6.33 Å². The number of hydrogen-bond donors (Lipinski definition) is 2. The molecule has 1 fully saturated rings. The molecule has 1 aromatic rings. The number of hydrogen-bond acceptors (Lipinski definition) is 5. The molecule has 1 heterocycles. The minimum atomic E-state index is -0.570. The van der Waals surface area contributed by atoms with Crippen LogP contribution in [0.2, 0.25) is 0 Å². The molecule has 0 aliphatic heterocycles. The summed E-state index contributed by atoms with van der Waals surface area (Å²) in [6, 6.07) is 0. The van der Waals surface area contributed by atoms with Crippen molar-refractivity contribution in [2.45, 2.75) is 31.3 Å². The number of likely N-dealkylation sites (N-methyl/N-ethyl adjacent to an activating group) is 1. The van der Waals surface area contributed by atoms with Gasteiger partial charge in [0, 0.05) is 20.6 Å². The first-order valence-electron chi connectivity index (χ1n) is 6.17. The molecule has 0 atom stereocenters. The van der Waals surface area contributed by atoms with Gasteiger partial charge in [-0.2, -0.15) is 0 Å². The van der Waals surface area contributed by atoms with E-state index in [1.54, 1.807) is 0 Å². The summed E-state index contributed by atoms with van der Waals surface area (Å²) in [4.78, 5) is 10.4. The molecule has 0 bridgehead atoms. The van der Waals surface area contributed by atoms with E-state index in [1.807, 2.05) is 19.0 Å². The number of halogens is 1. The van der Waals surface area contributed by atoms with E-state index in [9.17, 15) is 5.11 Å². The molecule has 100 valence electrons. The third-order valence-corrected chi connectivity index (χ3v) is 4.17. The lowest BCUT2D eigenvalue weighted by molar-refractivity contribution is 0.0557. The molecule has 0 amide bonds. The Morgan fingerprint density at radius 1 is 1.44 bits per heavy atom. The van der Waals surface area contributed by atoms with Crippen LogP contribution in [0, 0.1) is 0 Å². The van der Waals surface area contributed by atoms with E-state index < -0.39 is 5.60 Å². The van der Waals surface area contributed by atoms with Gasteiger partial charge in [0.15, 0.2) is 0 Å². The molecule has 6 heteroatoms. The van der Waals surface area contributed by atoms with Crippen molar-refractivity contribution < 1.29 is 5.11 Å². The predicted molar refractivity (Wildman–Crippen MR) is 76.0 cm³/mol. The summed E-state index contributed by atoms with van der Waals surface area (Å²) in [5.41, 5.74) is -0.570. The fraction of sp³-hybridized carbons (Fsp3) is 0.667. The van der Waals surface area contributed by atoms with Crippen molar-refractivity contribution in [3.63, 3.8) is 0 Å². The standard InChI is InChI=1S/C12H19BrN4O/c1-14-10-9(13)11(16-8-15-10)17(2)7-12(18)5-3-4-6-12/h8,18H,3-7H2,1-2H3,(H,14,15,16). The van der Waals surface area contributed by atoms with Crippen molar-refractivity contribution in [2.24, 2.45) is 0 Å². The van der Waals surface area contributed by atoms with Crippen LogP contribution < -0.4 is 10.2 Å². The highest BCUT2D eigenvalue weighted by atomic mass is 79.9. The quantitative estimate of drug-likeness (QED) is 0.890. The van der Waals surface area contributed by atoms with Crippen molar-refractivity contribution in [2.75, 3.05) is 30.9 Å². The normalized spacial score (nSPS) is 17.8. The fourth-order valence-electron chi connectivity index (χ4n) is 2.51. The van der Waals surface area contributed by atoms with Crippen molar-refractivity contribution in [1.29, 1.82) is 0 Å². The summed E-state index contributed by atoms with van der Waals surface area (Å²) < 4.78 is 0.830. The largest absolute Gasteiger partial charge is 0.388 e. The molecule has 1 aliphatic rings. The minimum Gasteiger partial charge on any atom is -0.388 e. The second-order valence-electron chi connectivity index (χ2n) is 4.90. The Kier molecular flexibility index (Phi) is 4.07. The number of anilines is 2. The number of aromatic nitrogens is 2. The second-order valence-corrected chi connectivity index (χ2v) is 5.69. The number of aliphatic hydroxyl groups is 1. The van der Waals surface area contributed by atoms with Gasteiger partial charge >= 0.3 is 0 Å². The van der Waals surface area contributed by atoms with Crippen LogP contribution in [0.25, 0.3) is 0 Å². The first kappa shape index (κ1) is 13.5. The van der Waals surface area contributed by atoms with Crippen LogP contribution in [0.4, 0.5) is 11.6 Å². The van der Waals surface area contributed by atoms with Crippen LogP contribution in [0.3, 0.4) is 0 Å². The molecule has 0 saturated heterocycles. The van der Waals surface area contributed by atoms with Crippen LogP contribution in [0.5, 0.6) is 0 Å². The van der Waals surface area contributed by atoms with Gasteiger partial charge in [-0.05, 0) is 28.8 Å². The summed E-state index contributed by atoms with van der Waals surface area (Å²) in [6.45, 7) is 0.603. The zero-order valence-corrected chi connectivity index (χ0v) is 12.4. The van der Waals surface area contributed by atoms with E-state index in [0.717, 1.165) is 41.8 Å². The zero-order chi connectivity index (χ0) is 13.2. The molecule has 5 nitrogen and oxygen atoms in total. The molecule has 0 aromatic carbocycles. The first-order chi connectivity index (χ1) is 8.56. The molecular weight excluding hydrogens is 296 g/mol. The predicted octanol–water partition coefficient (Wildman–Crippen LogP) is 2.02. The molecule has 18 heavy (non-hydrogen) atoms. The molecule has 2 rings (SSSR count). The Morgan fingerprint density at radius 3 is 2.72 bits per heavy atom. The van der Waals surface area contributed by atoms with Gasteiger partial charge in [-0.3, -0.25) is 0 Å². The van der Waals surface area contributed by atoms with Crippen LogP contribution >= 0.6 is 15.9 Å². The summed E-state index contributed by atoms with van der Waals surface area (Å²) >= 11 is 3.50. The fourth-order valence-corrected chi connectivity index (χ4v) is 3.21. The molecule has 1 aliphatic carbocycles. The van der Waals surface area contributed by atoms with Gasteiger partial charge < -0.3 is 15.3 Å². The summed E-state index contributed by atoms with van der Waals surface area (Å²) in [6.07, 6.45) is 5.49. The van der Waals surface area contributed by atoms with E-state index in [4.69, 9.17) is 0 Å². The van der Waals surface area contributed by atoms with Crippen molar-refractivity contribution in [3.8, 4) is 0 Å². The second kappa shape index (κ2) is 5.40. The molecule has 1 aromatic heterocycles. The maximum atomic E-state index is 10.4. The van der Waals surface area contributed by atoms with E-state index in [2.05, 4.69) is 31.2 Å². The maximum Gasteiger partial charge on any atom is 0.148 e. The van der Waals surface area contributed by atoms with Gasteiger partial charge in [0.05, 0.1) is 5.60 Å². The van der Waals surface area contributed by atoms with E-state index in [-0.39, 0.29) is 0 Å². The summed E-state index contributed by atoms with van der Waals surface area (Å²) in [5, 5.41) is 13.4. The average Bonchev–Trinajstić information content (AvgIpc) is 2.76. The van der Waals surface area contributed by atoms with Gasteiger partial charge in [0.25, 0.3) is 0 Å². The smallest absolute Gasteiger partial charge is 0.148 e. The average molecular weight is 315 g/mol. The van der Waals surface area contributed by atoms with Crippen LogP contribution in [-0.2, 0) is 0 Å². The van der Waals surface area contributed by atoms with Gasteiger partial charge in [-0.25, -0.2) is 9.97 Å². The lowest BCUT2D eigenvalue weighted by Gasteiger charge is -2.29. The molecule has 0 radical (unpaired) electrons. The summed E-state index contributed by atoms with van der Waals surface area (Å²) in [7, 11) is 3.77. The first-order valence-corrected chi connectivity index (χ1v) is 6.97. The Morgan fingerprint density at radius 2 is 2.11 bits per heavy atom. The number of nitrogens with one attached hydrogen (secondary N) is 1. The van der Waals surface area contributed by atoms with Crippen LogP contribution in [-0.4, -0.2) is 41.3 Å². The Hall–Kier alpha value is -0.880. The highest BCUT2D eigenvalue weighted by Gasteiger charge is 2.33. The van der Waals surface area contributed by atoms with Crippen molar-refractivity contribution in [1.82, 2.24) is 9.97 Å². The van der Waals surface area contributed by atoms with Gasteiger partial charge in [-0.15, -0.1) is 0 Å². The van der Waals surface area contributed by atoms with E-state index in [0.29, 0.717) is 6.54 Å².